The first-order chi connectivity index (χ1) is 11.9. The van der Waals surface area contributed by atoms with E-state index in [4.69, 9.17) is 9.47 Å². The molecule has 0 fully saturated rings. The summed E-state index contributed by atoms with van der Waals surface area (Å²) in [6, 6.07) is 9.00. The summed E-state index contributed by atoms with van der Waals surface area (Å²) in [6.45, 7) is 3.78. The Hall–Kier alpha value is -2.54. The molecule has 1 amide bonds. The molecule has 25 heavy (non-hydrogen) atoms. The smallest absolute Gasteiger partial charge is 0.277 e. The first-order valence-electron chi connectivity index (χ1n) is 7.49. The monoisotopic (exact) mass is 406 g/mol. The lowest BCUT2D eigenvalue weighted by atomic mass is 10.1. The average molecular weight is 407 g/mol. The number of phenols is 1. The lowest BCUT2D eigenvalue weighted by Gasteiger charge is -2.08. The molecule has 6 nitrogen and oxygen atoms in total. The van der Waals surface area contributed by atoms with Crippen molar-refractivity contribution in [1.82, 2.24) is 5.43 Å². The van der Waals surface area contributed by atoms with E-state index >= 15 is 0 Å². The largest absolute Gasteiger partial charge is 0.503 e. The highest BCUT2D eigenvalue weighted by atomic mass is 79.9. The van der Waals surface area contributed by atoms with Gasteiger partial charge in [-0.05, 0) is 59.1 Å². The average Bonchev–Trinajstić information content (AvgIpc) is 2.57. The van der Waals surface area contributed by atoms with Crippen LogP contribution in [-0.2, 0) is 4.79 Å². The van der Waals surface area contributed by atoms with Crippen molar-refractivity contribution in [2.45, 2.75) is 13.8 Å². The van der Waals surface area contributed by atoms with Gasteiger partial charge in [0, 0.05) is 0 Å². The van der Waals surface area contributed by atoms with E-state index in [1.807, 2.05) is 32.0 Å². The number of aromatic hydroxyl groups is 1. The SMILES string of the molecule is COc1cc(C=NNC(=O)COc2ccc(C)cc2C)cc(Br)c1O. The number of nitrogens with one attached hydrogen (secondary N) is 1. The van der Waals surface area contributed by atoms with E-state index in [0.29, 0.717) is 21.5 Å². The van der Waals surface area contributed by atoms with Crippen LogP contribution in [-0.4, -0.2) is 30.9 Å². The summed E-state index contributed by atoms with van der Waals surface area (Å²) in [4.78, 5) is 11.8. The molecule has 2 rings (SSSR count). The zero-order valence-electron chi connectivity index (χ0n) is 14.2. The van der Waals surface area contributed by atoms with Gasteiger partial charge in [0.25, 0.3) is 5.91 Å². The van der Waals surface area contributed by atoms with Gasteiger partial charge in [0.05, 0.1) is 17.8 Å². The molecule has 2 N–H and O–H groups in total. The Labute approximate surface area is 154 Å². The van der Waals surface area contributed by atoms with Gasteiger partial charge in [0.1, 0.15) is 5.75 Å². The van der Waals surface area contributed by atoms with Crippen LogP contribution in [0.3, 0.4) is 0 Å². The molecule has 2 aromatic rings. The minimum atomic E-state index is -0.374. The maximum atomic E-state index is 11.8. The summed E-state index contributed by atoms with van der Waals surface area (Å²) < 4.78 is 11.0. The van der Waals surface area contributed by atoms with Crippen LogP contribution in [0.25, 0.3) is 0 Å². The van der Waals surface area contributed by atoms with Gasteiger partial charge >= 0.3 is 0 Å². The summed E-state index contributed by atoms with van der Waals surface area (Å²) in [5.41, 5.74) is 5.14. The van der Waals surface area contributed by atoms with Crippen molar-refractivity contribution in [3.63, 3.8) is 0 Å². The van der Waals surface area contributed by atoms with Gasteiger partial charge in [0.15, 0.2) is 18.1 Å². The summed E-state index contributed by atoms with van der Waals surface area (Å²) >= 11 is 3.22. The van der Waals surface area contributed by atoms with Crippen molar-refractivity contribution in [3.05, 3.63) is 51.5 Å². The summed E-state index contributed by atoms with van der Waals surface area (Å²) in [7, 11) is 1.45. The molecule has 0 saturated heterocycles. The minimum Gasteiger partial charge on any atom is -0.503 e. The molecule has 0 atom stereocenters. The highest BCUT2D eigenvalue weighted by Gasteiger charge is 2.08. The Balaban J connectivity index is 1.91. The number of hydrogen-bond acceptors (Lipinski definition) is 5. The van der Waals surface area contributed by atoms with Crippen LogP contribution in [0.2, 0.25) is 0 Å². The van der Waals surface area contributed by atoms with Gasteiger partial charge in [-0.3, -0.25) is 4.79 Å². The third-order valence-electron chi connectivity index (χ3n) is 3.36. The predicted molar refractivity (Wildman–Crippen MR) is 99.5 cm³/mol. The van der Waals surface area contributed by atoms with Crippen molar-refractivity contribution < 1.29 is 19.4 Å². The molecule has 0 bridgehead atoms. The van der Waals surface area contributed by atoms with E-state index in [1.54, 1.807) is 12.1 Å². The first kappa shape index (κ1) is 18.8. The Kier molecular flexibility index (Phi) is 6.41. The molecule has 0 radical (unpaired) electrons. The van der Waals surface area contributed by atoms with E-state index in [1.165, 1.54) is 13.3 Å². The number of amides is 1. The molecule has 0 unspecified atom stereocenters. The quantitative estimate of drug-likeness (QED) is 0.569. The normalized spacial score (nSPS) is 10.7. The van der Waals surface area contributed by atoms with Gasteiger partial charge in [-0.2, -0.15) is 5.10 Å². The van der Waals surface area contributed by atoms with E-state index in [2.05, 4.69) is 26.5 Å². The lowest BCUT2D eigenvalue weighted by molar-refractivity contribution is -0.123. The van der Waals surface area contributed by atoms with Crippen LogP contribution in [0.5, 0.6) is 17.2 Å². The Morgan fingerprint density at radius 2 is 2.04 bits per heavy atom. The Bertz CT molecular complexity index is 806. The Morgan fingerprint density at radius 3 is 2.72 bits per heavy atom. The van der Waals surface area contributed by atoms with Crippen LogP contribution in [0.15, 0.2) is 39.9 Å². The second-order valence-electron chi connectivity index (χ2n) is 5.40. The number of aryl methyl sites for hydroxylation is 2. The summed E-state index contributed by atoms with van der Waals surface area (Å²) in [6.07, 6.45) is 1.45. The number of hydrazone groups is 1. The highest BCUT2D eigenvalue weighted by Crippen LogP contribution is 2.34. The fraction of sp³-hybridized carbons (Fsp3) is 0.222. The van der Waals surface area contributed by atoms with Crippen LogP contribution in [0, 0.1) is 13.8 Å². The van der Waals surface area contributed by atoms with Gasteiger partial charge in [-0.25, -0.2) is 5.43 Å². The number of phenolic OH excluding ortho intramolecular Hbond substituents is 1. The number of hydrogen-bond donors (Lipinski definition) is 2. The van der Waals surface area contributed by atoms with E-state index in [-0.39, 0.29) is 18.3 Å². The molecule has 0 saturated carbocycles. The number of carbonyl (C=O) groups excluding carboxylic acids is 1. The number of nitrogens with zero attached hydrogens (tertiary/aromatic N) is 1. The number of benzene rings is 2. The third-order valence-corrected chi connectivity index (χ3v) is 3.97. The maximum absolute atomic E-state index is 11.8. The molecule has 0 aliphatic carbocycles. The van der Waals surface area contributed by atoms with E-state index in [9.17, 15) is 9.90 Å². The van der Waals surface area contributed by atoms with Gasteiger partial charge in [0.2, 0.25) is 0 Å². The van der Waals surface area contributed by atoms with Crippen LogP contribution in [0.1, 0.15) is 16.7 Å². The second-order valence-corrected chi connectivity index (χ2v) is 6.26. The Morgan fingerprint density at radius 1 is 1.28 bits per heavy atom. The summed E-state index contributed by atoms with van der Waals surface area (Å²) in [5, 5.41) is 13.6. The van der Waals surface area contributed by atoms with Crippen molar-refractivity contribution in [3.8, 4) is 17.2 Å². The molecule has 0 aliphatic heterocycles. The minimum absolute atomic E-state index is 0.00514. The maximum Gasteiger partial charge on any atom is 0.277 e. The lowest BCUT2D eigenvalue weighted by Crippen LogP contribution is -2.24. The molecular weight excluding hydrogens is 388 g/mol. The molecule has 132 valence electrons. The fourth-order valence-corrected chi connectivity index (χ4v) is 2.60. The number of halogens is 1. The molecular formula is C18H19BrN2O4. The number of carbonyl (C=O) groups is 1. The molecule has 0 aliphatic rings. The number of rotatable bonds is 6. The zero-order valence-corrected chi connectivity index (χ0v) is 15.8. The number of ether oxygens (including phenoxy) is 2. The van der Waals surface area contributed by atoms with Gasteiger partial charge in [-0.1, -0.05) is 17.7 Å². The van der Waals surface area contributed by atoms with Crippen molar-refractivity contribution in [1.29, 1.82) is 0 Å². The topological polar surface area (TPSA) is 80.2 Å². The van der Waals surface area contributed by atoms with Crippen molar-refractivity contribution >= 4 is 28.1 Å². The van der Waals surface area contributed by atoms with Gasteiger partial charge in [-0.15, -0.1) is 0 Å². The van der Waals surface area contributed by atoms with Crippen molar-refractivity contribution in [2.75, 3.05) is 13.7 Å². The molecule has 0 spiro atoms. The molecule has 0 aromatic heterocycles. The molecule has 2 aromatic carbocycles. The predicted octanol–water partition coefficient (Wildman–Crippen LogP) is 3.31. The van der Waals surface area contributed by atoms with Crippen molar-refractivity contribution in [2.24, 2.45) is 5.10 Å². The van der Waals surface area contributed by atoms with Crippen LogP contribution >= 0.6 is 15.9 Å². The molecule has 7 heteroatoms. The van der Waals surface area contributed by atoms with E-state index in [0.717, 1.165) is 11.1 Å². The second kappa shape index (κ2) is 8.53. The van der Waals surface area contributed by atoms with Crippen LogP contribution in [0.4, 0.5) is 0 Å². The van der Waals surface area contributed by atoms with Crippen LogP contribution < -0.4 is 14.9 Å². The van der Waals surface area contributed by atoms with Gasteiger partial charge < -0.3 is 14.6 Å². The summed E-state index contributed by atoms with van der Waals surface area (Å²) in [5.74, 6) is 0.601. The highest BCUT2D eigenvalue weighted by molar-refractivity contribution is 9.10. The standard InChI is InChI=1S/C18H19BrN2O4/c1-11-4-5-15(12(2)6-11)25-10-17(22)21-20-9-13-7-14(19)18(23)16(8-13)24-3/h4-9,23H,10H2,1-3H3,(H,21,22). The molecule has 0 heterocycles. The zero-order chi connectivity index (χ0) is 18.4. The fourth-order valence-electron chi connectivity index (χ4n) is 2.14. The van der Waals surface area contributed by atoms with E-state index < -0.39 is 0 Å². The number of methoxy groups -OCH3 is 1. The first-order valence-corrected chi connectivity index (χ1v) is 8.28. The third kappa shape index (κ3) is 5.22.